The molecule has 1 aromatic heterocycles. The molecule has 0 radical (unpaired) electrons. The van der Waals surface area contributed by atoms with Crippen LogP contribution in [-0.2, 0) is 6.54 Å². The molecule has 1 aliphatic rings. The lowest BCUT2D eigenvalue weighted by molar-refractivity contribution is 0.567. The van der Waals surface area contributed by atoms with Gasteiger partial charge in [0.05, 0.1) is 10.6 Å². The Morgan fingerprint density at radius 1 is 1.30 bits per heavy atom. The van der Waals surface area contributed by atoms with Gasteiger partial charge >= 0.3 is 0 Å². The Labute approximate surface area is 118 Å². The Morgan fingerprint density at radius 2 is 2.20 bits per heavy atom. The van der Waals surface area contributed by atoms with E-state index in [1.807, 2.05) is 12.1 Å². The third-order valence-electron chi connectivity index (χ3n) is 2.67. The van der Waals surface area contributed by atoms with Crippen LogP contribution in [0.3, 0.4) is 0 Å². The van der Waals surface area contributed by atoms with Crippen LogP contribution in [-0.4, -0.2) is 10.9 Å². The van der Waals surface area contributed by atoms with E-state index >= 15 is 0 Å². The first kappa shape index (κ1) is 12.9. The van der Waals surface area contributed by atoms with Gasteiger partial charge in [-0.25, -0.2) is 8.78 Å². The fourth-order valence-electron chi connectivity index (χ4n) is 1.75. The summed E-state index contributed by atoms with van der Waals surface area (Å²) in [7, 11) is 0. The second-order valence-electron chi connectivity index (χ2n) is 4.14. The molecule has 0 bridgehead atoms. The highest BCUT2D eigenvalue weighted by Gasteiger charge is 2.18. The Morgan fingerprint density at radius 3 is 3.00 bits per heavy atom. The lowest BCUT2D eigenvalue weighted by Gasteiger charge is -2.18. The minimum atomic E-state index is -0.622. The van der Waals surface area contributed by atoms with E-state index in [0.717, 1.165) is 23.6 Å². The van der Waals surface area contributed by atoms with E-state index in [9.17, 15) is 8.78 Å². The highest BCUT2D eigenvalue weighted by molar-refractivity contribution is 7.98. The van der Waals surface area contributed by atoms with Gasteiger partial charge in [-0.1, -0.05) is 6.07 Å². The van der Waals surface area contributed by atoms with E-state index in [2.05, 4.69) is 20.0 Å². The minimum absolute atomic E-state index is 0.290. The first-order chi connectivity index (χ1) is 9.72. The molecule has 0 fully saturated rings. The van der Waals surface area contributed by atoms with Gasteiger partial charge in [-0.15, -0.1) is 0 Å². The van der Waals surface area contributed by atoms with E-state index in [0.29, 0.717) is 23.1 Å². The predicted molar refractivity (Wildman–Crippen MR) is 74.3 cm³/mol. The van der Waals surface area contributed by atoms with Crippen molar-refractivity contribution < 1.29 is 8.78 Å². The van der Waals surface area contributed by atoms with Crippen molar-refractivity contribution in [2.24, 2.45) is 4.40 Å². The number of anilines is 1. The molecule has 0 amide bonds. The van der Waals surface area contributed by atoms with Crippen molar-refractivity contribution in [2.45, 2.75) is 11.4 Å². The normalized spacial score (nSPS) is 13.2. The molecule has 0 atom stereocenters. The summed E-state index contributed by atoms with van der Waals surface area (Å²) in [6.07, 6.45) is 3.42. The van der Waals surface area contributed by atoms with Crippen LogP contribution in [0.2, 0.25) is 0 Å². The molecule has 2 N–H and O–H groups in total. The molecule has 1 aliphatic heterocycles. The lowest BCUT2D eigenvalue weighted by atomic mass is 10.3. The van der Waals surface area contributed by atoms with Crippen LogP contribution in [0.25, 0.3) is 0 Å². The molecule has 7 heteroatoms. The summed E-state index contributed by atoms with van der Waals surface area (Å²) in [6.45, 7) is 0.521. The largest absolute Gasteiger partial charge is 0.351 e. The van der Waals surface area contributed by atoms with Crippen molar-refractivity contribution in [3.05, 3.63) is 53.9 Å². The van der Waals surface area contributed by atoms with Crippen LogP contribution in [0, 0.1) is 11.6 Å². The molecule has 0 spiro atoms. The zero-order valence-electron chi connectivity index (χ0n) is 10.2. The molecular weight excluding hydrogens is 282 g/mol. The standard InChI is InChI=1S/C13H10F2N4S/c14-9-4-10(15)12-11(5-9)18-13(19-20-12)17-7-8-2-1-3-16-6-8/h1-6H,7H2,(H2,17,18,19). The van der Waals surface area contributed by atoms with Crippen molar-refractivity contribution in [3.63, 3.8) is 0 Å². The summed E-state index contributed by atoms with van der Waals surface area (Å²) in [4.78, 5) is 4.29. The number of rotatable bonds is 2. The van der Waals surface area contributed by atoms with Crippen molar-refractivity contribution in [1.29, 1.82) is 0 Å². The molecule has 2 aromatic rings. The van der Waals surface area contributed by atoms with E-state index in [1.54, 1.807) is 12.4 Å². The quantitative estimate of drug-likeness (QED) is 0.836. The first-order valence-electron chi connectivity index (χ1n) is 5.86. The van der Waals surface area contributed by atoms with Gasteiger partial charge in [0.1, 0.15) is 11.6 Å². The summed E-state index contributed by atoms with van der Waals surface area (Å²) in [6, 6.07) is 5.84. The number of aromatic nitrogens is 1. The summed E-state index contributed by atoms with van der Waals surface area (Å²) in [5.74, 6) is -0.785. The van der Waals surface area contributed by atoms with E-state index < -0.39 is 11.6 Å². The van der Waals surface area contributed by atoms with Crippen LogP contribution in [0.4, 0.5) is 14.5 Å². The van der Waals surface area contributed by atoms with Crippen LogP contribution in [0.1, 0.15) is 5.56 Å². The fourth-order valence-corrected chi connectivity index (χ4v) is 2.40. The van der Waals surface area contributed by atoms with E-state index in [-0.39, 0.29) is 0 Å². The highest BCUT2D eigenvalue weighted by atomic mass is 32.2. The monoisotopic (exact) mass is 292 g/mol. The predicted octanol–water partition coefficient (Wildman–Crippen LogP) is 2.94. The fraction of sp³-hybridized carbons (Fsp3) is 0.0769. The van der Waals surface area contributed by atoms with Crippen LogP contribution < -0.4 is 10.6 Å². The SMILES string of the molecule is Fc1cc(F)c2c(c1)NC(NCc1cccnc1)=NS2. The average Bonchev–Trinajstić information content (AvgIpc) is 2.45. The molecule has 0 unspecified atom stereocenters. The number of halogens is 2. The zero-order chi connectivity index (χ0) is 13.9. The van der Waals surface area contributed by atoms with Crippen LogP contribution >= 0.6 is 11.9 Å². The Bertz CT molecular complexity index is 661. The molecular formula is C13H10F2N4S. The van der Waals surface area contributed by atoms with Crippen molar-refractivity contribution in [3.8, 4) is 0 Å². The smallest absolute Gasteiger partial charge is 0.208 e. The molecule has 0 saturated heterocycles. The van der Waals surface area contributed by atoms with Gasteiger partial charge < -0.3 is 10.6 Å². The molecule has 2 heterocycles. The third-order valence-corrected chi connectivity index (χ3v) is 3.54. The number of pyridine rings is 1. The number of guanidine groups is 1. The summed E-state index contributed by atoms with van der Waals surface area (Å²) < 4.78 is 30.8. The van der Waals surface area contributed by atoms with Gasteiger partial charge in [-0.2, -0.15) is 4.40 Å². The minimum Gasteiger partial charge on any atom is -0.351 e. The molecule has 0 aliphatic carbocycles. The molecule has 0 saturated carbocycles. The van der Waals surface area contributed by atoms with Crippen LogP contribution in [0.5, 0.6) is 0 Å². The van der Waals surface area contributed by atoms with Crippen molar-refractivity contribution in [2.75, 3.05) is 5.32 Å². The van der Waals surface area contributed by atoms with Gasteiger partial charge in [-0.05, 0) is 17.7 Å². The Hall–Kier alpha value is -2.15. The van der Waals surface area contributed by atoms with Crippen LogP contribution in [0.15, 0.2) is 46.0 Å². The topological polar surface area (TPSA) is 49.3 Å². The van der Waals surface area contributed by atoms with E-state index in [1.165, 1.54) is 6.07 Å². The average molecular weight is 292 g/mol. The van der Waals surface area contributed by atoms with Gasteiger partial charge in [0.15, 0.2) is 0 Å². The van der Waals surface area contributed by atoms with Gasteiger partial charge in [0.25, 0.3) is 0 Å². The molecule has 102 valence electrons. The number of hydrogen-bond acceptors (Lipinski definition) is 5. The second-order valence-corrected chi connectivity index (χ2v) is 4.91. The van der Waals surface area contributed by atoms with Gasteiger partial charge in [0.2, 0.25) is 5.96 Å². The second kappa shape index (κ2) is 5.46. The maximum atomic E-state index is 13.5. The van der Waals surface area contributed by atoms with Crippen molar-refractivity contribution in [1.82, 2.24) is 10.3 Å². The molecule has 20 heavy (non-hydrogen) atoms. The van der Waals surface area contributed by atoms with E-state index in [4.69, 9.17) is 0 Å². The molecule has 3 rings (SSSR count). The van der Waals surface area contributed by atoms with Gasteiger partial charge in [-0.3, -0.25) is 4.98 Å². The number of benzene rings is 1. The number of hydrogen-bond donors (Lipinski definition) is 2. The lowest BCUT2D eigenvalue weighted by Crippen LogP contribution is -2.31. The number of nitrogens with one attached hydrogen (secondary N) is 2. The first-order valence-corrected chi connectivity index (χ1v) is 6.63. The maximum Gasteiger partial charge on any atom is 0.208 e. The molecule has 4 nitrogen and oxygen atoms in total. The summed E-state index contributed by atoms with van der Waals surface area (Å²) in [5, 5.41) is 5.92. The number of fused-ring (bicyclic) bond motifs is 1. The highest BCUT2D eigenvalue weighted by Crippen LogP contribution is 2.34. The Kier molecular flexibility index (Phi) is 3.51. The third kappa shape index (κ3) is 2.72. The molecule has 1 aromatic carbocycles. The summed E-state index contributed by atoms with van der Waals surface area (Å²) in [5.41, 5.74) is 1.36. The maximum absolute atomic E-state index is 13.5. The van der Waals surface area contributed by atoms with Crippen molar-refractivity contribution >= 4 is 23.6 Å². The Balaban J connectivity index is 1.71. The summed E-state index contributed by atoms with van der Waals surface area (Å²) >= 11 is 0.973. The zero-order valence-corrected chi connectivity index (χ0v) is 11.0. The van der Waals surface area contributed by atoms with Gasteiger partial charge in [0, 0.05) is 37.0 Å². The number of nitrogens with zero attached hydrogens (tertiary/aromatic N) is 2.